The van der Waals surface area contributed by atoms with Crippen LogP contribution < -0.4 is 4.74 Å². The lowest BCUT2D eigenvalue weighted by atomic mass is 10.2. The molecule has 0 aliphatic rings. The predicted molar refractivity (Wildman–Crippen MR) is 84.8 cm³/mol. The highest BCUT2D eigenvalue weighted by atomic mass is 16.6. The number of carbonyl (C=O) groups excluding carboxylic acids is 1. The maximum Gasteiger partial charge on any atom is 0.331 e. The van der Waals surface area contributed by atoms with E-state index in [0.29, 0.717) is 12.4 Å². The lowest BCUT2D eigenvalue weighted by Gasteiger charge is -2.07. The molecule has 1 heterocycles. The van der Waals surface area contributed by atoms with Crippen LogP contribution in [0.25, 0.3) is 6.08 Å². The van der Waals surface area contributed by atoms with Crippen LogP contribution in [-0.2, 0) is 16.0 Å². The molecule has 0 atom stereocenters. The molecule has 0 unspecified atom stereocenters. The molecule has 0 fully saturated rings. The molecule has 4 heteroatoms. The summed E-state index contributed by atoms with van der Waals surface area (Å²) in [6.45, 7) is 4.47. The van der Waals surface area contributed by atoms with Crippen LogP contribution >= 0.6 is 0 Å². The Balaban J connectivity index is 1.69. The Morgan fingerprint density at radius 1 is 1.23 bits per heavy atom. The van der Waals surface area contributed by atoms with Crippen molar-refractivity contribution in [1.82, 2.24) is 0 Å². The molecule has 4 nitrogen and oxygen atoms in total. The molecule has 22 heavy (non-hydrogen) atoms. The molecule has 0 N–H and O–H groups in total. The highest BCUT2D eigenvalue weighted by molar-refractivity contribution is 5.86. The molecular weight excluding hydrogens is 280 g/mol. The second-order valence-electron chi connectivity index (χ2n) is 4.80. The summed E-state index contributed by atoms with van der Waals surface area (Å²) in [5, 5.41) is 0. The topological polar surface area (TPSA) is 48.7 Å². The van der Waals surface area contributed by atoms with Crippen LogP contribution in [0.4, 0.5) is 0 Å². The van der Waals surface area contributed by atoms with Crippen molar-refractivity contribution in [1.29, 1.82) is 0 Å². The van der Waals surface area contributed by atoms with Crippen molar-refractivity contribution in [3.63, 3.8) is 0 Å². The van der Waals surface area contributed by atoms with Gasteiger partial charge in [0.15, 0.2) is 0 Å². The van der Waals surface area contributed by atoms with Gasteiger partial charge in [-0.3, -0.25) is 0 Å². The Morgan fingerprint density at radius 2 is 2.09 bits per heavy atom. The normalized spacial score (nSPS) is 10.8. The van der Waals surface area contributed by atoms with Gasteiger partial charge in [-0.1, -0.05) is 19.1 Å². The Morgan fingerprint density at radius 3 is 2.82 bits per heavy atom. The number of benzene rings is 1. The fourth-order valence-electron chi connectivity index (χ4n) is 1.90. The summed E-state index contributed by atoms with van der Waals surface area (Å²) in [6.07, 6.45) is 3.89. The molecule has 2 rings (SSSR count). The number of esters is 1. The number of furan rings is 1. The molecule has 1 aromatic heterocycles. The van der Waals surface area contributed by atoms with Gasteiger partial charge in [0.05, 0.1) is 0 Å². The van der Waals surface area contributed by atoms with Crippen molar-refractivity contribution in [2.75, 3.05) is 13.2 Å². The van der Waals surface area contributed by atoms with Crippen LogP contribution in [0.3, 0.4) is 0 Å². The van der Waals surface area contributed by atoms with E-state index in [2.05, 4.69) is 6.92 Å². The molecule has 0 spiro atoms. The quantitative estimate of drug-likeness (QED) is 0.443. The first-order valence-corrected chi connectivity index (χ1v) is 7.30. The zero-order chi connectivity index (χ0) is 15.8. The van der Waals surface area contributed by atoms with E-state index in [1.54, 1.807) is 12.1 Å². The first kappa shape index (κ1) is 15.9. The highest BCUT2D eigenvalue weighted by Crippen LogP contribution is 2.13. The maximum absolute atomic E-state index is 11.5. The van der Waals surface area contributed by atoms with E-state index in [-0.39, 0.29) is 6.61 Å². The second kappa shape index (κ2) is 8.08. The van der Waals surface area contributed by atoms with E-state index in [0.717, 1.165) is 17.9 Å². The number of hydrogen-bond acceptors (Lipinski definition) is 4. The first-order chi connectivity index (χ1) is 10.7. The number of hydrogen-bond donors (Lipinski definition) is 0. The molecule has 2 aromatic rings. The monoisotopic (exact) mass is 300 g/mol. The van der Waals surface area contributed by atoms with Crippen molar-refractivity contribution < 1.29 is 18.7 Å². The fraction of sp³-hybridized carbons (Fsp3) is 0.278. The zero-order valence-corrected chi connectivity index (χ0v) is 12.9. The van der Waals surface area contributed by atoms with Gasteiger partial charge >= 0.3 is 5.97 Å². The van der Waals surface area contributed by atoms with Crippen molar-refractivity contribution in [3.8, 4) is 5.75 Å². The minimum atomic E-state index is -0.417. The van der Waals surface area contributed by atoms with Crippen LogP contribution in [0.1, 0.15) is 24.0 Å². The van der Waals surface area contributed by atoms with Gasteiger partial charge in [0.2, 0.25) is 0 Å². The Hall–Kier alpha value is -2.49. The third kappa shape index (κ3) is 5.13. The molecule has 0 bridgehead atoms. The minimum absolute atomic E-state index is 0.205. The van der Waals surface area contributed by atoms with Crippen LogP contribution in [0.5, 0.6) is 5.75 Å². The lowest BCUT2D eigenvalue weighted by Crippen LogP contribution is -2.10. The Labute approximate surface area is 130 Å². The van der Waals surface area contributed by atoms with E-state index in [1.165, 1.54) is 11.6 Å². The lowest BCUT2D eigenvalue weighted by molar-refractivity contribution is -0.138. The molecule has 116 valence electrons. The zero-order valence-electron chi connectivity index (χ0n) is 12.9. The average Bonchev–Trinajstić information content (AvgIpc) is 2.95. The van der Waals surface area contributed by atoms with Gasteiger partial charge in [-0.25, -0.2) is 4.79 Å². The third-order valence-corrected chi connectivity index (χ3v) is 3.05. The average molecular weight is 300 g/mol. The van der Waals surface area contributed by atoms with E-state index < -0.39 is 5.97 Å². The summed E-state index contributed by atoms with van der Waals surface area (Å²) in [7, 11) is 0. The fourth-order valence-corrected chi connectivity index (χ4v) is 1.90. The van der Waals surface area contributed by atoms with Crippen LogP contribution in [0.15, 0.2) is 46.9 Å². The van der Waals surface area contributed by atoms with Crippen molar-refractivity contribution >= 4 is 12.0 Å². The molecule has 0 radical (unpaired) electrons. The van der Waals surface area contributed by atoms with Crippen LogP contribution in [-0.4, -0.2) is 19.2 Å². The largest absolute Gasteiger partial charge is 0.490 e. The predicted octanol–water partition coefficient (Wildman–Crippen LogP) is 3.79. The van der Waals surface area contributed by atoms with E-state index in [1.807, 2.05) is 37.3 Å². The van der Waals surface area contributed by atoms with Crippen LogP contribution in [0.2, 0.25) is 0 Å². The molecule has 0 aliphatic heterocycles. The summed E-state index contributed by atoms with van der Waals surface area (Å²) in [5.41, 5.74) is 1.21. The van der Waals surface area contributed by atoms with Crippen molar-refractivity contribution in [3.05, 3.63) is 59.6 Å². The van der Waals surface area contributed by atoms with Gasteiger partial charge in [0.25, 0.3) is 0 Å². The summed E-state index contributed by atoms with van der Waals surface area (Å²) < 4.78 is 15.9. The molecule has 1 aromatic carbocycles. The highest BCUT2D eigenvalue weighted by Gasteiger charge is 2.00. The van der Waals surface area contributed by atoms with Crippen molar-refractivity contribution in [2.45, 2.75) is 20.3 Å². The van der Waals surface area contributed by atoms with Gasteiger partial charge in [-0.2, -0.15) is 0 Å². The van der Waals surface area contributed by atoms with Crippen LogP contribution in [0, 0.1) is 6.92 Å². The molecular formula is C18H20O4. The summed E-state index contributed by atoms with van der Waals surface area (Å²) >= 11 is 0. The summed E-state index contributed by atoms with van der Waals surface area (Å²) in [5.74, 6) is 1.80. The number of rotatable bonds is 7. The summed E-state index contributed by atoms with van der Waals surface area (Å²) in [4.78, 5) is 11.5. The molecule has 0 saturated heterocycles. The Bertz CT molecular complexity index is 640. The molecule has 0 aliphatic carbocycles. The van der Waals surface area contributed by atoms with E-state index >= 15 is 0 Å². The Kier molecular flexibility index (Phi) is 5.83. The number of carbonyl (C=O) groups is 1. The first-order valence-electron chi connectivity index (χ1n) is 7.30. The van der Waals surface area contributed by atoms with Crippen molar-refractivity contribution in [2.24, 2.45) is 0 Å². The van der Waals surface area contributed by atoms with Gasteiger partial charge in [0.1, 0.15) is 30.5 Å². The molecule has 0 amide bonds. The maximum atomic E-state index is 11.5. The smallest absolute Gasteiger partial charge is 0.331 e. The number of ether oxygens (including phenoxy) is 2. The van der Waals surface area contributed by atoms with Gasteiger partial charge in [-0.15, -0.1) is 0 Å². The third-order valence-electron chi connectivity index (χ3n) is 3.05. The minimum Gasteiger partial charge on any atom is -0.490 e. The van der Waals surface area contributed by atoms with E-state index in [4.69, 9.17) is 13.9 Å². The van der Waals surface area contributed by atoms with Gasteiger partial charge < -0.3 is 13.9 Å². The standard InChI is InChI=1S/C18H20O4/c1-3-15-5-4-6-17(13-15)20-11-12-21-18(19)10-9-16-8-7-14(2)22-16/h4-10,13H,3,11-12H2,1-2H3/b10-9+. The van der Waals surface area contributed by atoms with Gasteiger partial charge in [0, 0.05) is 6.08 Å². The second-order valence-corrected chi connectivity index (χ2v) is 4.80. The van der Waals surface area contributed by atoms with Gasteiger partial charge in [-0.05, 0) is 49.2 Å². The number of aryl methyl sites for hydroxylation is 2. The SMILES string of the molecule is CCc1cccc(OCCOC(=O)/C=C/c2ccc(C)o2)c1. The van der Waals surface area contributed by atoms with E-state index in [9.17, 15) is 4.79 Å². The molecule has 0 saturated carbocycles. The summed E-state index contributed by atoms with van der Waals surface area (Å²) in [6, 6.07) is 11.5.